The SMILES string of the molecule is CCOc1ccccc1NC(=O)CSc1nnc(C(C)Oc2ccc(OC)cc2)n1CC. The lowest BCUT2D eigenvalue weighted by Gasteiger charge is -2.16. The smallest absolute Gasteiger partial charge is 0.234 e. The Hall–Kier alpha value is -3.20. The fourth-order valence-corrected chi connectivity index (χ4v) is 3.89. The largest absolute Gasteiger partial charge is 0.497 e. The molecule has 8 nitrogen and oxygen atoms in total. The molecule has 9 heteroatoms. The third-order valence-electron chi connectivity index (χ3n) is 4.59. The van der Waals surface area contributed by atoms with Gasteiger partial charge >= 0.3 is 0 Å². The summed E-state index contributed by atoms with van der Waals surface area (Å²) in [5, 5.41) is 12.1. The fraction of sp³-hybridized carbons (Fsp3) is 0.348. The van der Waals surface area contributed by atoms with E-state index in [1.54, 1.807) is 7.11 Å². The second kappa shape index (κ2) is 11.4. The van der Waals surface area contributed by atoms with Crippen LogP contribution in [0, 0.1) is 0 Å². The van der Waals surface area contributed by atoms with E-state index in [9.17, 15) is 4.79 Å². The molecule has 0 saturated heterocycles. The zero-order valence-corrected chi connectivity index (χ0v) is 19.5. The number of para-hydroxylation sites is 2. The molecule has 0 aliphatic heterocycles. The van der Waals surface area contributed by atoms with Crippen molar-refractivity contribution in [2.45, 2.75) is 38.6 Å². The van der Waals surface area contributed by atoms with Gasteiger partial charge < -0.3 is 24.1 Å². The summed E-state index contributed by atoms with van der Waals surface area (Å²) in [4.78, 5) is 12.5. The van der Waals surface area contributed by atoms with Crippen molar-refractivity contribution in [1.29, 1.82) is 0 Å². The number of amides is 1. The number of aromatic nitrogens is 3. The Kier molecular flexibility index (Phi) is 8.38. The van der Waals surface area contributed by atoms with E-state index in [1.807, 2.05) is 73.9 Å². The van der Waals surface area contributed by atoms with Crippen LogP contribution in [0.4, 0.5) is 5.69 Å². The van der Waals surface area contributed by atoms with E-state index in [-0.39, 0.29) is 17.8 Å². The molecule has 1 atom stereocenters. The van der Waals surface area contributed by atoms with Crippen molar-refractivity contribution in [3.05, 3.63) is 54.4 Å². The first-order chi connectivity index (χ1) is 15.5. The number of hydrogen-bond acceptors (Lipinski definition) is 7. The molecule has 0 fully saturated rings. The van der Waals surface area contributed by atoms with Gasteiger partial charge in [0.05, 0.1) is 25.2 Å². The Morgan fingerprint density at radius 1 is 1.09 bits per heavy atom. The zero-order chi connectivity index (χ0) is 22.9. The Morgan fingerprint density at radius 2 is 1.81 bits per heavy atom. The molecular formula is C23H28N4O4S. The number of nitrogens with zero attached hydrogens (tertiary/aromatic N) is 3. The van der Waals surface area contributed by atoms with Gasteiger partial charge in [-0.3, -0.25) is 4.79 Å². The summed E-state index contributed by atoms with van der Waals surface area (Å²) < 4.78 is 18.7. The number of hydrogen-bond donors (Lipinski definition) is 1. The van der Waals surface area contributed by atoms with Gasteiger partial charge in [0.1, 0.15) is 17.2 Å². The molecule has 1 amide bonds. The quantitative estimate of drug-likeness (QED) is 0.423. The van der Waals surface area contributed by atoms with E-state index in [0.29, 0.717) is 41.3 Å². The van der Waals surface area contributed by atoms with Gasteiger partial charge in [0.2, 0.25) is 5.91 Å². The molecule has 1 N–H and O–H groups in total. The van der Waals surface area contributed by atoms with Gasteiger partial charge in [-0.2, -0.15) is 0 Å². The van der Waals surface area contributed by atoms with Gasteiger partial charge in [0.25, 0.3) is 0 Å². The van der Waals surface area contributed by atoms with E-state index in [1.165, 1.54) is 11.8 Å². The van der Waals surface area contributed by atoms with E-state index in [0.717, 1.165) is 5.75 Å². The number of rotatable bonds is 11. The second-order valence-corrected chi connectivity index (χ2v) is 7.73. The maximum absolute atomic E-state index is 12.5. The molecule has 0 bridgehead atoms. The number of carbonyl (C=O) groups is 1. The summed E-state index contributed by atoms with van der Waals surface area (Å²) in [5.74, 6) is 2.89. The molecule has 0 aliphatic rings. The Bertz CT molecular complexity index is 1020. The van der Waals surface area contributed by atoms with Crippen LogP contribution in [-0.2, 0) is 11.3 Å². The first-order valence-electron chi connectivity index (χ1n) is 10.4. The standard InChI is InChI=1S/C23H28N4O4S/c1-5-27-22(16(3)31-18-13-11-17(29-4)12-14-18)25-26-23(27)32-15-21(28)24-19-9-7-8-10-20(19)30-6-2/h7-14,16H,5-6,15H2,1-4H3,(H,24,28). The predicted octanol–water partition coefficient (Wildman–Crippen LogP) is 4.58. The van der Waals surface area contributed by atoms with Crippen LogP contribution in [0.25, 0.3) is 0 Å². The monoisotopic (exact) mass is 456 g/mol. The Balaban J connectivity index is 1.62. The summed E-state index contributed by atoms with van der Waals surface area (Å²) in [7, 11) is 1.62. The molecule has 3 aromatic rings. The summed E-state index contributed by atoms with van der Waals surface area (Å²) in [6.07, 6.45) is -0.308. The maximum Gasteiger partial charge on any atom is 0.234 e. The number of carbonyl (C=O) groups excluding carboxylic acids is 1. The number of methoxy groups -OCH3 is 1. The first-order valence-corrected chi connectivity index (χ1v) is 11.4. The van der Waals surface area contributed by atoms with Crippen LogP contribution in [0.5, 0.6) is 17.2 Å². The Labute approximate surface area is 192 Å². The minimum Gasteiger partial charge on any atom is -0.497 e. The number of thioether (sulfide) groups is 1. The van der Waals surface area contributed by atoms with E-state index in [2.05, 4.69) is 15.5 Å². The number of ether oxygens (including phenoxy) is 3. The molecule has 0 spiro atoms. The average Bonchev–Trinajstić information content (AvgIpc) is 3.23. The first kappa shape index (κ1) is 23.5. The van der Waals surface area contributed by atoms with Crippen LogP contribution < -0.4 is 19.5 Å². The van der Waals surface area contributed by atoms with Crippen LogP contribution in [0.2, 0.25) is 0 Å². The van der Waals surface area contributed by atoms with Gasteiger partial charge in [0.15, 0.2) is 17.1 Å². The van der Waals surface area contributed by atoms with Crippen molar-refractivity contribution in [3.8, 4) is 17.2 Å². The van der Waals surface area contributed by atoms with Crippen molar-refractivity contribution in [2.24, 2.45) is 0 Å². The minimum atomic E-state index is -0.308. The van der Waals surface area contributed by atoms with E-state index < -0.39 is 0 Å². The molecule has 2 aromatic carbocycles. The lowest BCUT2D eigenvalue weighted by Crippen LogP contribution is -2.16. The maximum atomic E-state index is 12.5. The molecule has 3 rings (SSSR count). The highest BCUT2D eigenvalue weighted by molar-refractivity contribution is 7.99. The molecular weight excluding hydrogens is 428 g/mol. The van der Waals surface area contributed by atoms with Gasteiger partial charge in [-0.15, -0.1) is 10.2 Å². The van der Waals surface area contributed by atoms with Crippen molar-refractivity contribution >= 4 is 23.4 Å². The summed E-state index contributed by atoms with van der Waals surface area (Å²) in [6, 6.07) is 14.8. The highest BCUT2D eigenvalue weighted by Gasteiger charge is 2.20. The van der Waals surface area contributed by atoms with Crippen molar-refractivity contribution in [3.63, 3.8) is 0 Å². The number of benzene rings is 2. The minimum absolute atomic E-state index is 0.142. The third kappa shape index (κ3) is 5.94. The summed E-state index contributed by atoms with van der Waals surface area (Å²) in [6.45, 7) is 7.03. The third-order valence-corrected chi connectivity index (χ3v) is 5.56. The topological polar surface area (TPSA) is 87.5 Å². The highest BCUT2D eigenvalue weighted by Crippen LogP contribution is 2.27. The highest BCUT2D eigenvalue weighted by atomic mass is 32.2. The summed E-state index contributed by atoms with van der Waals surface area (Å²) in [5.41, 5.74) is 0.652. The molecule has 1 heterocycles. The van der Waals surface area contributed by atoms with Crippen LogP contribution in [0.3, 0.4) is 0 Å². The summed E-state index contributed by atoms with van der Waals surface area (Å²) >= 11 is 1.33. The molecule has 0 saturated carbocycles. The second-order valence-electron chi connectivity index (χ2n) is 6.79. The predicted molar refractivity (Wildman–Crippen MR) is 125 cm³/mol. The average molecular weight is 457 g/mol. The van der Waals surface area contributed by atoms with Crippen LogP contribution in [0.1, 0.15) is 32.7 Å². The fourth-order valence-electron chi connectivity index (χ4n) is 3.08. The number of nitrogens with one attached hydrogen (secondary N) is 1. The Morgan fingerprint density at radius 3 is 2.50 bits per heavy atom. The van der Waals surface area contributed by atoms with E-state index >= 15 is 0 Å². The van der Waals surface area contributed by atoms with Gasteiger partial charge in [-0.25, -0.2) is 0 Å². The van der Waals surface area contributed by atoms with Crippen LogP contribution in [0.15, 0.2) is 53.7 Å². The van der Waals surface area contributed by atoms with E-state index in [4.69, 9.17) is 14.2 Å². The van der Waals surface area contributed by atoms with Gasteiger partial charge in [-0.1, -0.05) is 23.9 Å². The zero-order valence-electron chi connectivity index (χ0n) is 18.7. The normalized spacial score (nSPS) is 11.6. The van der Waals surface area contributed by atoms with Crippen LogP contribution in [-0.4, -0.2) is 40.1 Å². The molecule has 32 heavy (non-hydrogen) atoms. The molecule has 0 radical (unpaired) electrons. The van der Waals surface area contributed by atoms with Gasteiger partial charge in [0, 0.05) is 6.54 Å². The molecule has 170 valence electrons. The molecule has 1 unspecified atom stereocenters. The van der Waals surface area contributed by atoms with Crippen LogP contribution >= 0.6 is 11.8 Å². The number of anilines is 1. The lowest BCUT2D eigenvalue weighted by atomic mass is 10.3. The van der Waals surface area contributed by atoms with Crippen molar-refractivity contribution in [1.82, 2.24) is 14.8 Å². The molecule has 1 aromatic heterocycles. The van der Waals surface area contributed by atoms with Crippen molar-refractivity contribution in [2.75, 3.05) is 24.8 Å². The van der Waals surface area contributed by atoms with Crippen molar-refractivity contribution < 1.29 is 19.0 Å². The van der Waals surface area contributed by atoms with Gasteiger partial charge in [-0.05, 0) is 57.2 Å². The lowest BCUT2D eigenvalue weighted by molar-refractivity contribution is -0.113. The molecule has 0 aliphatic carbocycles.